The molecule has 0 saturated heterocycles. The van der Waals surface area contributed by atoms with Gasteiger partial charge in [0.1, 0.15) is 6.10 Å². The number of benzene rings is 1. The van der Waals surface area contributed by atoms with E-state index in [-0.39, 0.29) is 24.3 Å². The molecular formula is C20H25FN4O2S. The molecule has 0 fully saturated rings. The van der Waals surface area contributed by atoms with Crippen molar-refractivity contribution >= 4 is 23.2 Å². The van der Waals surface area contributed by atoms with E-state index in [9.17, 15) is 9.18 Å². The summed E-state index contributed by atoms with van der Waals surface area (Å²) in [6.07, 6.45) is 0.640. The average molecular weight is 405 g/mol. The summed E-state index contributed by atoms with van der Waals surface area (Å²) in [5, 5.41) is 8.21. The smallest absolute Gasteiger partial charge is 0.242 e. The molecule has 1 aliphatic rings. The molecule has 1 atom stereocenters. The molecule has 28 heavy (non-hydrogen) atoms. The first-order valence-electron chi connectivity index (χ1n) is 9.25. The van der Waals surface area contributed by atoms with Crippen molar-refractivity contribution in [1.29, 1.82) is 0 Å². The van der Waals surface area contributed by atoms with Gasteiger partial charge in [-0.15, -0.1) is 11.3 Å². The van der Waals surface area contributed by atoms with Crippen LogP contribution in [0, 0.1) is 5.82 Å². The minimum absolute atomic E-state index is 0.0375. The van der Waals surface area contributed by atoms with Crippen LogP contribution in [0.3, 0.4) is 0 Å². The summed E-state index contributed by atoms with van der Waals surface area (Å²) in [6.45, 7) is 3.84. The largest absolute Gasteiger partial charge is 0.486 e. The van der Waals surface area contributed by atoms with Gasteiger partial charge in [0.2, 0.25) is 5.91 Å². The molecule has 0 radical (unpaired) electrons. The lowest BCUT2D eigenvalue weighted by Crippen LogP contribution is -2.47. The molecule has 1 aromatic carbocycles. The van der Waals surface area contributed by atoms with Crippen molar-refractivity contribution in [2.75, 3.05) is 26.7 Å². The van der Waals surface area contributed by atoms with Crippen molar-refractivity contribution in [3.8, 4) is 5.75 Å². The summed E-state index contributed by atoms with van der Waals surface area (Å²) in [5.74, 6) is 0.367. The Balaban J connectivity index is 1.42. The Morgan fingerprint density at radius 2 is 2.18 bits per heavy atom. The molecule has 0 saturated carbocycles. The van der Waals surface area contributed by atoms with E-state index < -0.39 is 5.82 Å². The maximum Gasteiger partial charge on any atom is 0.242 e. The third kappa shape index (κ3) is 5.22. The molecule has 8 heteroatoms. The number of carbonyl (C=O) groups excluding carboxylic acids is 1. The number of para-hydroxylation sites is 1. The van der Waals surface area contributed by atoms with Gasteiger partial charge >= 0.3 is 0 Å². The number of fused-ring (bicyclic) bond motifs is 1. The number of carbonyl (C=O) groups is 1. The van der Waals surface area contributed by atoms with Crippen LogP contribution in [-0.2, 0) is 17.8 Å². The minimum Gasteiger partial charge on any atom is -0.486 e. The second kappa shape index (κ2) is 9.54. The monoisotopic (exact) mass is 404 g/mol. The van der Waals surface area contributed by atoms with E-state index in [2.05, 4.69) is 27.1 Å². The van der Waals surface area contributed by atoms with Crippen LogP contribution in [0.5, 0.6) is 5.75 Å². The molecule has 1 aliphatic heterocycles. The number of hydrogen-bond acceptors (Lipinski definition) is 4. The number of rotatable bonds is 6. The Hall–Kier alpha value is -2.61. The van der Waals surface area contributed by atoms with Gasteiger partial charge in [-0.2, -0.15) is 0 Å². The molecule has 1 unspecified atom stereocenters. The van der Waals surface area contributed by atoms with Crippen LogP contribution in [0.15, 0.2) is 40.7 Å². The molecule has 2 aromatic rings. The number of nitrogens with one attached hydrogen (secondary N) is 2. The lowest BCUT2D eigenvalue weighted by atomic mass is 10.1. The molecule has 1 aromatic heterocycles. The predicted octanol–water partition coefficient (Wildman–Crippen LogP) is 2.40. The highest BCUT2D eigenvalue weighted by Gasteiger charge is 2.21. The zero-order valence-corrected chi connectivity index (χ0v) is 16.9. The Morgan fingerprint density at radius 3 is 2.96 bits per heavy atom. The van der Waals surface area contributed by atoms with Gasteiger partial charge in [0, 0.05) is 25.0 Å². The number of ether oxygens (including phenoxy) is 1. The fourth-order valence-electron chi connectivity index (χ4n) is 2.99. The van der Waals surface area contributed by atoms with Gasteiger partial charge in [-0.1, -0.05) is 12.1 Å². The minimum atomic E-state index is -0.391. The summed E-state index contributed by atoms with van der Waals surface area (Å²) in [7, 11) is 1.64. The third-order valence-electron chi connectivity index (χ3n) is 4.51. The van der Waals surface area contributed by atoms with Crippen molar-refractivity contribution < 1.29 is 13.9 Å². The first kappa shape index (κ1) is 20.1. The Bertz CT molecular complexity index is 839. The van der Waals surface area contributed by atoms with Crippen LogP contribution in [0.1, 0.15) is 17.4 Å². The molecule has 1 amide bonds. The quantitative estimate of drug-likeness (QED) is 0.573. The molecule has 0 aliphatic carbocycles. The molecule has 3 rings (SSSR count). The number of thiophene rings is 1. The van der Waals surface area contributed by atoms with E-state index >= 15 is 0 Å². The molecule has 0 bridgehead atoms. The number of halogens is 1. The first-order chi connectivity index (χ1) is 13.6. The number of amides is 1. The van der Waals surface area contributed by atoms with Crippen molar-refractivity contribution in [2.45, 2.75) is 26.0 Å². The van der Waals surface area contributed by atoms with Gasteiger partial charge < -0.3 is 20.3 Å². The second-order valence-electron chi connectivity index (χ2n) is 6.60. The van der Waals surface area contributed by atoms with Gasteiger partial charge in [-0.3, -0.25) is 9.79 Å². The van der Waals surface area contributed by atoms with Gasteiger partial charge in [-0.05, 0) is 42.5 Å². The predicted molar refractivity (Wildman–Crippen MR) is 109 cm³/mol. The Labute approximate surface area is 168 Å². The molecule has 0 spiro atoms. The highest BCUT2D eigenvalue weighted by molar-refractivity contribution is 7.10. The number of aliphatic imine (C=N–C) groups is 1. The van der Waals surface area contributed by atoms with Gasteiger partial charge in [0.15, 0.2) is 17.5 Å². The summed E-state index contributed by atoms with van der Waals surface area (Å²) in [6, 6.07) is 8.39. The average Bonchev–Trinajstić information content (AvgIpc) is 3.17. The van der Waals surface area contributed by atoms with Crippen LogP contribution in [0.2, 0.25) is 0 Å². The van der Waals surface area contributed by atoms with Gasteiger partial charge in [-0.25, -0.2) is 4.39 Å². The van der Waals surface area contributed by atoms with E-state index in [1.807, 2.05) is 11.8 Å². The van der Waals surface area contributed by atoms with Crippen LogP contribution < -0.4 is 15.4 Å². The molecule has 6 nitrogen and oxygen atoms in total. The van der Waals surface area contributed by atoms with Crippen molar-refractivity contribution in [1.82, 2.24) is 15.5 Å². The zero-order valence-electron chi connectivity index (χ0n) is 16.1. The summed E-state index contributed by atoms with van der Waals surface area (Å²) < 4.78 is 19.2. The van der Waals surface area contributed by atoms with Crippen molar-refractivity contribution in [3.05, 3.63) is 52.0 Å². The summed E-state index contributed by atoms with van der Waals surface area (Å²) in [5.41, 5.74) is 1.24. The van der Waals surface area contributed by atoms with Gasteiger partial charge in [0.25, 0.3) is 0 Å². The van der Waals surface area contributed by atoms with E-state index in [4.69, 9.17) is 4.74 Å². The SMILES string of the molecule is CN=C(NCC(=O)N1CCc2sccc2C1)NCC(C)Oc1ccccc1F. The normalized spacial score (nSPS) is 15.0. The van der Waals surface area contributed by atoms with Crippen LogP contribution in [0.25, 0.3) is 0 Å². The lowest BCUT2D eigenvalue weighted by molar-refractivity contribution is -0.130. The van der Waals surface area contributed by atoms with E-state index in [1.54, 1.807) is 36.6 Å². The fraction of sp³-hybridized carbons (Fsp3) is 0.400. The van der Waals surface area contributed by atoms with Crippen LogP contribution >= 0.6 is 11.3 Å². The maximum atomic E-state index is 13.7. The highest BCUT2D eigenvalue weighted by atomic mass is 32.1. The van der Waals surface area contributed by atoms with Crippen molar-refractivity contribution in [3.63, 3.8) is 0 Å². The molecule has 2 N–H and O–H groups in total. The third-order valence-corrected chi connectivity index (χ3v) is 5.54. The number of nitrogens with zero attached hydrogens (tertiary/aromatic N) is 2. The fourth-order valence-corrected chi connectivity index (χ4v) is 3.88. The highest BCUT2D eigenvalue weighted by Crippen LogP contribution is 2.23. The summed E-state index contributed by atoms with van der Waals surface area (Å²) >= 11 is 1.75. The lowest BCUT2D eigenvalue weighted by Gasteiger charge is -2.27. The van der Waals surface area contributed by atoms with E-state index in [0.29, 0.717) is 19.0 Å². The number of guanidine groups is 1. The molecule has 150 valence electrons. The van der Waals surface area contributed by atoms with Crippen LogP contribution in [0.4, 0.5) is 4.39 Å². The van der Waals surface area contributed by atoms with E-state index in [0.717, 1.165) is 13.0 Å². The van der Waals surface area contributed by atoms with Gasteiger partial charge in [0.05, 0.1) is 13.1 Å². The summed E-state index contributed by atoms with van der Waals surface area (Å²) in [4.78, 5) is 19.8. The van der Waals surface area contributed by atoms with Crippen LogP contribution in [-0.4, -0.2) is 49.6 Å². The number of hydrogen-bond donors (Lipinski definition) is 2. The van der Waals surface area contributed by atoms with Crippen molar-refractivity contribution in [2.24, 2.45) is 4.99 Å². The Kier molecular flexibility index (Phi) is 6.86. The molecular weight excluding hydrogens is 379 g/mol. The maximum absolute atomic E-state index is 13.7. The molecule has 2 heterocycles. The van der Waals surface area contributed by atoms with E-state index in [1.165, 1.54) is 16.5 Å². The Morgan fingerprint density at radius 1 is 1.36 bits per heavy atom. The zero-order chi connectivity index (χ0) is 19.9. The standard InChI is InChI=1S/C20H25FN4O2S/c1-14(27-17-6-4-3-5-16(17)21)11-23-20(22-2)24-12-19(26)25-9-7-18-15(13-25)8-10-28-18/h3-6,8,10,14H,7,9,11-13H2,1-2H3,(H2,22,23,24). The topological polar surface area (TPSA) is 66.0 Å². The first-order valence-corrected chi connectivity index (χ1v) is 10.1. The second-order valence-corrected chi connectivity index (χ2v) is 7.60.